The van der Waals surface area contributed by atoms with E-state index < -0.39 is 5.97 Å². The van der Waals surface area contributed by atoms with E-state index >= 15 is 0 Å². The summed E-state index contributed by atoms with van der Waals surface area (Å²) in [6.45, 7) is 0. The third-order valence-electron chi connectivity index (χ3n) is 1.65. The smallest absolute Gasteiger partial charge is 0.336 e. The zero-order valence-corrected chi connectivity index (χ0v) is 9.14. The number of thioether (sulfide) groups is 1. The number of hydrogen-bond donors (Lipinski definition) is 1. The lowest BCUT2D eigenvalue weighted by Crippen LogP contribution is -1.98. The largest absolute Gasteiger partial charge is 0.478 e. The molecule has 0 aliphatic carbocycles. The lowest BCUT2D eigenvalue weighted by molar-refractivity contribution is 0.0693. The highest BCUT2D eigenvalue weighted by Crippen LogP contribution is 2.23. The van der Waals surface area contributed by atoms with Crippen LogP contribution in [0.2, 0.25) is 0 Å². The van der Waals surface area contributed by atoms with Crippen molar-refractivity contribution in [3.63, 3.8) is 0 Å². The molecule has 0 aliphatic rings. The Labute approximate surface area is 92.3 Å². The maximum absolute atomic E-state index is 10.8. The Morgan fingerprint density at radius 1 is 1.43 bits per heavy atom. The predicted octanol–water partition coefficient (Wildman–Crippen LogP) is 3.11. The SMILES string of the molecule is O=C(O)c1ccccc1SCCCCl. The van der Waals surface area contributed by atoms with Crippen molar-refractivity contribution in [1.82, 2.24) is 0 Å². The number of carboxylic acid groups (broad SMARTS) is 1. The predicted molar refractivity (Wildman–Crippen MR) is 59.5 cm³/mol. The van der Waals surface area contributed by atoms with E-state index in [0.29, 0.717) is 11.4 Å². The van der Waals surface area contributed by atoms with Crippen molar-refractivity contribution in [3.05, 3.63) is 29.8 Å². The maximum atomic E-state index is 10.8. The van der Waals surface area contributed by atoms with Crippen molar-refractivity contribution in [3.8, 4) is 0 Å². The van der Waals surface area contributed by atoms with Crippen LogP contribution in [0.5, 0.6) is 0 Å². The molecule has 0 aromatic heterocycles. The van der Waals surface area contributed by atoms with Gasteiger partial charge in [0.1, 0.15) is 0 Å². The first-order chi connectivity index (χ1) is 6.75. The van der Waals surface area contributed by atoms with Crippen LogP contribution >= 0.6 is 23.4 Å². The van der Waals surface area contributed by atoms with E-state index in [9.17, 15) is 4.79 Å². The van der Waals surface area contributed by atoms with Gasteiger partial charge in [0.05, 0.1) is 5.56 Å². The molecule has 0 heterocycles. The van der Waals surface area contributed by atoms with Crippen LogP contribution in [-0.2, 0) is 0 Å². The molecule has 0 saturated heterocycles. The molecular weight excluding hydrogens is 220 g/mol. The van der Waals surface area contributed by atoms with Gasteiger partial charge in [-0.1, -0.05) is 12.1 Å². The van der Waals surface area contributed by atoms with Gasteiger partial charge in [-0.2, -0.15) is 0 Å². The van der Waals surface area contributed by atoms with E-state index in [1.807, 2.05) is 12.1 Å². The van der Waals surface area contributed by atoms with Gasteiger partial charge in [-0.25, -0.2) is 4.79 Å². The lowest BCUT2D eigenvalue weighted by Gasteiger charge is -2.03. The Kier molecular flexibility index (Phi) is 4.84. The van der Waals surface area contributed by atoms with Gasteiger partial charge in [0.25, 0.3) is 0 Å². The topological polar surface area (TPSA) is 37.3 Å². The van der Waals surface area contributed by atoms with E-state index in [0.717, 1.165) is 17.1 Å². The fourth-order valence-corrected chi connectivity index (χ4v) is 2.29. The quantitative estimate of drug-likeness (QED) is 0.480. The normalized spacial score (nSPS) is 10.1. The second-order valence-corrected chi connectivity index (χ2v) is 4.21. The van der Waals surface area contributed by atoms with Gasteiger partial charge in [0.15, 0.2) is 0 Å². The molecule has 1 aromatic carbocycles. The molecule has 0 fully saturated rings. The van der Waals surface area contributed by atoms with Gasteiger partial charge in [0.2, 0.25) is 0 Å². The molecule has 4 heteroatoms. The number of hydrogen-bond acceptors (Lipinski definition) is 2. The van der Waals surface area contributed by atoms with Gasteiger partial charge in [-0.05, 0) is 24.3 Å². The van der Waals surface area contributed by atoms with Crippen molar-refractivity contribution in [2.24, 2.45) is 0 Å². The summed E-state index contributed by atoms with van der Waals surface area (Å²) >= 11 is 7.08. The maximum Gasteiger partial charge on any atom is 0.336 e. The Bertz CT molecular complexity index is 315. The van der Waals surface area contributed by atoms with Crippen LogP contribution < -0.4 is 0 Å². The molecule has 2 nitrogen and oxygen atoms in total. The average molecular weight is 231 g/mol. The van der Waals surface area contributed by atoms with Gasteiger partial charge in [-0.15, -0.1) is 23.4 Å². The molecule has 76 valence electrons. The molecule has 0 atom stereocenters. The number of carbonyl (C=O) groups is 1. The van der Waals surface area contributed by atoms with Crippen molar-refractivity contribution in [2.45, 2.75) is 11.3 Å². The van der Waals surface area contributed by atoms with Crippen molar-refractivity contribution in [1.29, 1.82) is 0 Å². The summed E-state index contributed by atoms with van der Waals surface area (Å²) in [5.74, 6) is 0.592. The standard InChI is InChI=1S/C10H11ClO2S/c11-6-3-7-14-9-5-2-1-4-8(9)10(12)13/h1-2,4-5H,3,6-7H2,(H,12,13). The van der Waals surface area contributed by atoms with Crippen molar-refractivity contribution < 1.29 is 9.90 Å². The molecular formula is C10H11ClO2S. The van der Waals surface area contributed by atoms with Gasteiger partial charge >= 0.3 is 5.97 Å². The highest BCUT2D eigenvalue weighted by atomic mass is 35.5. The molecule has 1 N–H and O–H groups in total. The number of alkyl halides is 1. The molecule has 1 aromatic rings. The van der Waals surface area contributed by atoms with Crippen molar-refractivity contribution in [2.75, 3.05) is 11.6 Å². The van der Waals surface area contributed by atoms with Gasteiger partial charge in [0, 0.05) is 10.8 Å². The van der Waals surface area contributed by atoms with Crippen LogP contribution in [0.1, 0.15) is 16.8 Å². The molecule has 0 bridgehead atoms. The van der Waals surface area contributed by atoms with Crippen LogP contribution in [0.4, 0.5) is 0 Å². The molecule has 1 rings (SSSR count). The second kappa shape index (κ2) is 5.94. The van der Waals surface area contributed by atoms with Crippen molar-refractivity contribution >= 4 is 29.3 Å². The minimum absolute atomic E-state index is 0.368. The number of benzene rings is 1. The zero-order valence-electron chi connectivity index (χ0n) is 7.57. The monoisotopic (exact) mass is 230 g/mol. The minimum atomic E-state index is -0.876. The Morgan fingerprint density at radius 3 is 2.79 bits per heavy atom. The summed E-state index contributed by atoms with van der Waals surface area (Å²) in [4.78, 5) is 11.6. The molecule has 0 spiro atoms. The highest BCUT2D eigenvalue weighted by Gasteiger charge is 2.08. The van der Waals surface area contributed by atoms with E-state index in [1.165, 1.54) is 11.8 Å². The highest BCUT2D eigenvalue weighted by molar-refractivity contribution is 7.99. The van der Waals surface area contributed by atoms with Crippen LogP contribution in [-0.4, -0.2) is 22.7 Å². The molecule has 0 radical (unpaired) electrons. The first-order valence-electron chi connectivity index (χ1n) is 4.27. The number of halogens is 1. The van der Waals surface area contributed by atoms with E-state index in [-0.39, 0.29) is 0 Å². The Balaban J connectivity index is 2.69. The Morgan fingerprint density at radius 2 is 2.14 bits per heavy atom. The first-order valence-corrected chi connectivity index (χ1v) is 5.79. The lowest BCUT2D eigenvalue weighted by atomic mass is 10.2. The molecule has 0 saturated carbocycles. The van der Waals surface area contributed by atoms with E-state index in [4.69, 9.17) is 16.7 Å². The summed E-state index contributed by atoms with van der Waals surface area (Å²) < 4.78 is 0. The molecule has 14 heavy (non-hydrogen) atoms. The summed E-state index contributed by atoms with van der Waals surface area (Å²) in [5.41, 5.74) is 0.368. The minimum Gasteiger partial charge on any atom is -0.478 e. The third kappa shape index (κ3) is 3.24. The van der Waals surface area contributed by atoms with E-state index in [2.05, 4.69) is 0 Å². The van der Waals surface area contributed by atoms with Gasteiger partial charge < -0.3 is 5.11 Å². The Hall–Kier alpha value is -0.670. The van der Waals surface area contributed by atoms with Gasteiger partial charge in [-0.3, -0.25) is 0 Å². The summed E-state index contributed by atoms with van der Waals surface area (Å²) in [6.07, 6.45) is 0.889. The zero-order chi connectivity index (χ0) is 10.4. The third-order valence-corrected chi connectivity index (χ3v) is 3.08. The molecule has 0 unspecified atom stereocenters. The fraction of sp³-hybridized carbons (Fsp3) is 0.300. The number of rotatable bonds is 5. The van der Waals surface area contributed by atoms with E-state index in [1.54, 1.807) is 12.1 Å². The van der Waals surface area contributed by atoms with Crippen LogP contribution in [0.3, 0.4) is 0 Å². The average Bonchev–Trinajstić information content (AvgIpc) is 2.19. The summed E-state index contributed by atoms with van der Waals surface area (Å²) in [5, 5.41) is 8.88. The van der Waals surface area contributed by atoms with Crippen LogP contribution in [0.15, 0.2) is 29.2 Å². The molecule has 0 aliphatic heterocycles. The van der Waals surface area contributed by atoms with Crippen LogP contribution in [0.25, 0.3) is 0 Å². The summed E-state index contributed by atoms with van der Waals surface area (Å²) in [6, 6.07) is 7.01. The second-order valence-electron chi connectivity index (χ2n) is 2.69. The number of carboxylic acids is 1. The van der Waals surface area contributed by atoms with Crippen LogP contribution in [0, 0.1) is 0 Å². The molecule has 0 amide bonds. The fourth-order valence-electron chi connectivity index (χ4n) is 1.01. The summed E-state index contributed by atoms with van der Waals surface area (Å²) in [7, 11) is 0. The first kappa shape index (κ1) is 11.4. The number of aromatic carboxylic acids is 1.